The molecule has 0 aliphatic carbocycles. The number of rotatable bonds is 1. The molecule has 0 saturated heterocycles. The first-order chi connectivity index (χ1) is 7.15. The van der Waals surface area contributed by atoms with E-state index in [0.29, 0.717) is 0 Å². The average Bonchev–Trinajstić information content (AvgIpc) is 2.16. The second-order valence-electron chi connectivity index (χ2n) is 3.30. The third-order valence-corrected chi connectivity index (χ3v) is 2.01. The zero-order valence-corrected chi connectivity index (χ0v) is 8.31. The summed E-state index contributed by atoms with van der Waals surface area (Å²) in [6.45, 7) is 1.85. The van der Waals surface area contributed by atoms with Crippen LogP contribution >= 0.6 is 0 Å². The number of nitrogen functional groups attached to an aromatic ring is 1. The number of nitrogens with two attached hydrogens (primary N) is 1. The lowest BCUT2D eigenvalue weighted by atomic mass is 10.1. The van der Waals surface area contributed by atoms with E-state index in [1.54, 1.807) is 18.2 Å². The van der Waals surface area contributed by atoms with E-state index in [9.17, 15) is 5.11 Å². The van der Waals surface area contributed by atoms with Crippen LogP contribution in [0.15, 0.2) is 30.3 Å². The minimum absolute atomic E-state index is 0.210. The molecule has 0 amide bonds. The summed E-state index contributed by atoms with van der Waals surface area (Å²) in [6.07, 6.45) is 0. The Labute approximate surface area is 87.4 Å². The fourth-order valence-electron chi connectivity index (χ4n) is 1.40. The fraction of sp³-hybridized carbons (Fsp3) is 0.0909. The van der Waals surface area contributed by atoms with E-state index < -0.39 is 0 Å². The van der Waals surface area contributed by atoms with Crippen molar-refractivity contribution in [3.05, 3.63) is 36.0 Å². The largest absolute Gasteiger partial charge is 0.508 e. The standard InChI is InChI=1S/C11H11N3O/c1-7-5-10(14-11(12)13-7)8-3-2-4-9(15)6-8/h2-6,15H,1H3,(H2,12,13,14). The zero-order chi connectivity index (χ0) is 10.8. The maximum Gasteiger partial charge on any atom is 0.220 e. The Morgan fingerprint density at radius 1 is 1.20 bits per heavy atom. The predicted octanol–water partition coefficient (Wildman–Crippen LogP) is 1.74. The van der Waals surface area contributed by atoms with E-state index >= 15 is 0 Å². The Hall–Kier alpha value is -2.10. The van der Waals surface area contributed by atoms with E-state index in [0.717, 1.165) is 17.0 Å². The number of hydrogen-bond donors (Lipinski definition) is 2. The number of nitrogens with zero attached hydrogens (tertiary/aromatic N) is 2. The molecule has 2 rings (SSSR count). The number of phenols is 1. The molecule has 1 heterocycles. The first-order valence-electron chi connectivity index (χ1n) is 4.56. The molecule has 0 saturated carbocycles. The first-order valence-corrected chi connectivity index (χ1v) is 4.56. The molecule has 3 N–H and O–H groups in total. The van der Waals surface area contributed by atoms with Crippen LogP contribution in [0.25, 0.3) is 11.3 Å². The van der Waals surface area contributed by atoms with Crippen LogP contribution in [0.1, 0.15) is 5.69 Å². The summed E-state index contributed by atoms with van der Waals surface area (Å²) in [5, 5.41) is 9.34. The number of aromatic hydroxyl groups is 1. The zero-order valence-electron chi connectivity index (χ0n) is 8.31. The van der Waals surface area contributed by atoms with E-state index in [2.05, 4.69) is 9.97 Å². The van der Waals surface area contributed by atoms with E-state index in [4.69, 9.17) is 5.73 Å². The average molecular weight is 201 g/mol. The molecule has 0 bridgehead atoms. The molecule has 4 nitrogen and oxygen atoms in total. The summed E-state index contributed by atoms with van der Waals surface area (Å²) in [5.41, 5.74) is 7.90. The molecule has 15 heavy (non-hydrogen) atoms. The van der Waals surface area contributed by atoms with Gasteiger partial charge in [0, 0.05) is 11.3 Å². The number of benzene rings is 1. The molecule has 0 unspecified atom stereocenters. The topological polar surface area (TPSA) is 72.0 Å². The lowest BCUT2D eigenvalue weighted by Crippen LogP contribution is -1.98. The van der Waals surface area contributed by atoms with E-state index in [1.807, 2.05) is 19.1 Å². The highest BCUT2D eigenvalue weighted by atomic mass is 16.3. The second-order valence-corrected chi connectivity index (χ2v) is 3.30. The normalized spacial score (nSPS) is 10.2. The summed E-state index contributed by atoms with van der Waals surface area (Å²) in [7, 11) is 0. The maximum absolute atomic E-state index is 9.34. The SMILES string of the molecule is Cc1cc(-c2cccc(O)c2)nc(N)n1. The molecule has 76 valence electrons. The van der Waals surface area contributed by atoms with E-state index in [-0.39, 0.29) is 11.7 Å². The maximum atomic E-state index is 9.34. The van der Waals surface area contributed by atoms with Crippen molar-refractivity contribution in [2.75, 3.05) is 5.73 Å². The highest BCUT2D eigenvalue weighted by molar-refractivity contribution is 5.62. The first kappa shape index (κ1) is 9.45. The molecular weight excluding hydrogens is 190 g/mol. The molecule has 1 aromatic carbocycles. The fourth-order valence-corrected chi connectivity index (χ4v) is 1.40. The minimum Gasteiger partial charge on any atom is -0.508 e. The highest BCUT2D eigenvalue weighted by Crippen LogP contribution is 2.22. The van der Waals surface area contributed by atoms with Gasteiger partial charge in [0.15, 0.2) is 0 Å². The van der Waals surface area contributed by atoms with Crippen LogP contribution in [0.2, 0.25) is 0 Å². The van der Waals surface area contributed by atoms with Gasteiger partial charge in [-0.1, -0.05) is 12.1 Å². The Kier molecular flexibility index (Phi) is 2.25. The third-order valence-electron chi connectivity index (χ3n) is 2.01. The molecule has 0 aliphatic heterocycles. The van der Waals surface area contributed by atoms with Gasteiger partial charge in [0.05, 0.1) is 5.69 Å². The second kappa shape index (κ2) is 3.57. The molecule has 4 heteroatoms. The van der Waals surface area contributed by atoms with Gasteiger partial charge in [-0.2, -0.15) is 0 Å². The highest BCUT2D eigenvalue weighted by Gasteiger charge is 2.02. The number of hydrogen-bond acceptors (Lipinski definition) is 4. The van der Waals surface area contributed by atoms with Crippen molar-refractivity contribution >= 4 is 5.95 Å². The Balaban J connectivity index is 2.54. The van der Waals surface area contributed by atoms with Crippen molar-refractivity contribution < 1.29 is 5.11 Å². The number of aromatic nitrogens is 2. The summed E-state index contributed by atoms with van der Waals surface area (Å²) < 4.78 is 0. The van der Waals surface area contributed by atoms with Crippen LogP contribution in [0.5, 0.6) is 5.75 Å². The molecule has 2 aromatic rings. The van der Waals surface area contributed by atoms with Gasteiger partial charge in [-0.25, -0.2) is 9.97 Å². The number of aryl methyl sites for hydroxylation is 1. The van der Waals surface area contributed by atoms with Crippen molar-refractivity contribution in [1.82, 2.24) is 9.97 Å². The van der Waals surface area contributed by atoms with Gasteiger partial charge in [0.2, 0.25) is 5.95 Å². The molecule has 0 aliphatic rings. The summed E-state index contributed by atoms with van der Waals surface area (Å²) in [4.78, 5) is 8.09. The van der Waals surface area contributed by atoms with E-state index in [1.165, 1.54) is 0 Å². The van der Waals surface area contributed by atoms with Crippen LogP contribution < -0.4 is 5.73 Å². The number of phenolic OH excluding ortho intramolecular Hbond substituents is 1. The van der Waals surface area contributed by atoms with Crippen LogP contribution in [0, 0.1) is 6.92 Å². The van der Waals surface area contributed by atoms with Crippen LogP contribution in [-0.2, 0) is 0 Å². The van der Waals surface area contributed by atoms with Crippen molar-refractivity contribution in [1.29, 1.82) is 0 Å². The van der Waals surface area contributed by atoms with Crippen LogP contribution in [-0.4, -0.2) is 15.1 Å². The Bertz CT molecular complexity index is 477. The molecule has 0 fully saturated rings. The Morgan fingerprint density at radius 2 is 2.00 bits per heavy atom. The molecule has 1 aromatic heterocycles. The molecular formula is C11H11N3O. The molecule has 0 spiro atoms. The molecule has 0 atom stereocenters. The van der Waals surface area contributed by atoms with Gasteiger partial charge in [-0.05, 0) is 25.1 Å². The lowest BCUT2D eigenvalue weighted by molar-refractivity contribution is 0.475. The van der Waals surface area contributed by atoms with Crippen molar-refractivity contribution in [2.24, 2.45) is 0 Å². The number of anilines is 1. The van der Waals surface area contributed by atoms with Gasteiger partial charge in [-0.3, -0.25) is 0 Å². The monoisotopic (exact) mass is 201 g/mol. The van der Waals surface area contributed by atoms with Gasteiger partial charge in [0.1, 0.15) is 5.75 Å². The van der Waals surface area contributed by atoms with Gasteiger partial charge in [-0.15, -0.1) is 0 Å². The smallest absolute Gasteiger partial charge is 0.220 e. The van der Waals surface area contributed by atoms with Gasteiger partial charge in [0.25, 0.3) is 0 Å². The van der Waals surface area contributed by atoms with Crippen molar-refractivity contribution in [3.63, 3.8) is 0 Å². The van der Waals surface area contributed by atoms with Crippen molar-refractivity contribution in [3.8, 4) is 17.0 Å². The Morgan fingerprint density at radius 3 is 2.67 bits per heavy atom. The predicted molar refractivity (Wildman–Crippen MR) is 58.3 cm³/mol. The van der Waals surface area contributed by atoms with Crippen LogP contribution in [0.3, 0.4) is 0 Å². The lowest BCUT2D eigenvalue weighted by Gasteiger charge is -2.03. The third kappa shape index (κ3) is 2.04. The quantitative estimate of drug-likeness (QED) is 0.737. The summed E-state index contributed by atoms with van der Waals surface area (Å²) in [6, 6.07) is 8.70. The van der Waals surface area contributed by atoms with Crippen LogP contribution in [0.4, 0.5) is 5.95 Å². The minimum atomic E-state index is 0.210. The summed E-state index contributed by atoms with van der Waals surface area (Å²) >= 11 is 0. The van der Waals surface area contributed by atoms with Gasteiger partial charge >= 0.3 is 0 Å². The van der Waals surface area contributed by atoms with Gasteiger partial charge < -0.3 is 10.8 Å². The van der Waals surface area contributed by atoms with Crippen molar-refractivity contribution in [2.45, 2.75) is 6.92 Å². The summed E-state index contributed by atoms with van der Waals surface area (Å²) in [5.74, 6) is 0.454. The molecule has 0 radical (unpaired) electrons.